The van der Waals surface area contributed by atoms with Gasteiger partial charge in [-0.2, -0.15) is 11.8 Å². The number of carbonyl (C=O) groups excluding carboxylic acids is 2. The molecule has 304 valence electrons. The van der Waals surface area contributed by atoms with Crippen LogP contribution >= 0.6 is 19.5 Å². The number of ether oxygens (including phenoxy) is 5. The number of nitrogens with one attached hydrogen (secondary N) is 5. The number of aromatic amines is 1. The van der Waals surface area contributed by atoms with Crippen molar-refractivity contribution >= 4 is 42.6 Å². The minimum Gasteiger partial charge on any atom is -0.388 e. The molecule has 0 bridgehead atoms. The van der Waals surface area contributed by atoms with E-state index < -0.39 is 44.3 Å². The molecule has 3 amide bonds. The van der Waals surface area contributed by atoms with E-state index in [1.165, 1.54) is 17.2 Å². The number of carbonyl (C=O) groups is 2. The van der Waals surface area contributed by atoms with Crippen LogP contribution in [0, 0.1) is 0 Å². The van der Waals surface area contributed by atoms with Gasteiger partial charge in [0, 0.05) is 30.5 Å². The van der Waals surface area contributed by atoms with E-state index >= 15 is 0 Å². The minimum absolute atomic E-state index is 0.00126. The third-order valence-electron chi connectivity index (χ3n) is 8.98. The molecule has 21 nitrogen and oxygen atoms in total. The van der Waals surface area contributed by atoms with E-state index in [-0.39, 0.29) is 61.5 Å². The number of hydrogen-bond acceptors (Lipinski definition) is 15. The predicted octanol–water partition coefficient (Wildman–Crippen LogP) is -1.78. The molecule has 23 heteroatoms. The summed E-state index contributed by atoms with van der Waals surface area (Å²) < 4.78 is 46.4. The zero-order valence-corrected chi connectivity index (χ0v) is 31.5. The first-order valence-corrected chi connectivity index (χ1v) is 20.6. The van der Waals surface area contributed by atoms with Gasteiger partial charge in [0.25, 0.3) is 5.56 Å². The lowest BCUT2D eigenvalue weighted by molar-refractivity contribution is -0.121. The van der Waals surface area contributed by atoms with Crippen molar-refractivity contribution in [1.29, 1.82) is 0 Å². The maximum absolute atomic E-state index is 12.4. The summed E-state index contributed by atoms with van der Waals surface area (Å²) in [6.45, 7) is 2.52. The number of aliphatic hydroxyl groups excluding tert-OH is 2. The van der Waals surface area contributed by atoms with Crippen LogP contribution in [0.2, 0.25) is 0 Å². The zero-order valence-electron chi connectivity index (χ0n) is 29.8. The summed E-state index contributed by atoms with van der Waals surface area (Å²) in [5, 5.41) is 32.4. The van der Waals surface area contributed by atoms with Gasteiger partial charge in [0.05, 0.1) is 90.7 Å². The number of rotatable bonds is 26. The van der Waals surface area contributed by atoms with Gasteiger partial charge in [-0.1, -0.05) is 6.42 Å². The SMILES string of the molecule is O=C(CCCC[C@@H]1SC[C@@H]2NC(=O)N[C@@H]21)NCCOCCOCCOCCOCCNP(=O)(O)OC[C@H]1O[C@@H](Cn2cnc3c(=O)[nH]cnc32)C(O)[C@H]1O. The van der Waals surface area contributed by atoms with Gasteiger partial charge in [-0.15, -0.1) is 0 Å². The molecule has 8 atom stereocenters. The summed E-state index contributed by atoms with van der Waals surface area (Å²) >= 11 is 1.88. The molecule has 3 fully saturated rings. The summed E-state index contributed by atoms with van der Waals surface area (Å²) in [4.78, 5) is 56.0. The number of thioether (sulfide) groups is 1. The number of urea groups is 1. The van der Waals surface area contributed by atoms with Crippen LogP contribution in [0.4, 0.5) is 4.79 Å². The van der Waals surface area contributed by atoms with Gasteiger partial charge >= 0.3 is 13.8 Å². The molecular weight excluding hydrogens is 755 g/mol. The maximum Gasteiger partial charge on any atom is 0.403 e. The van der Waals surface area contributed by atoms with Crippen LogP contribution in [-0.4, -0.2) is 167 Å². The fourth-order valence-electron chi connectivity index (χ4n) is 6.20. The highest BCUT2D eigenvalue weighted by molar-refractivity contribution is 8.00. The van der Waals surface area contributed by atoms with Crippen LogP contribution in [0.1, 0.15) is 25.7 Å². The topological polar surface area (TPSA) is 279 Å². The fourth-order valence-corrected chi connectivity index (χ4v) is 8.56. The number of aromatic nitrogens is 4. The number of unbranched alkanes of at least 4 members (excludes halogenated alkanes) is 1. The summed E-state index contributed by atoms with van der Waals surface area (Å²) in [5.41, 5.74) is -0.0244. The van der Waals surface area contributed by atoms with Crippen LogP contribution in [0.5, 0.6) is 0 Å². The van der Waals surface area contributed by atoms with Crippen molar-refractivity contribution in [2.24, 2.45) is 0 Å². The molecule has 54 heavy (non-hydrogen) atoms. The number of aliphatic hydroxyl groups is 2. The van der Waals surface area contributed by atoms with Crippen LogP contribution in [0.3, 0.4) is 0 Å². The molecule has 0 radical (unpaired) electrons. The molecule has 0 spiro atoms. The Kier molecular flexibility index (Phi) is 16.9. The van der Waals surface area contributed by atoms with E-state index in [1.807, 2.05) is 11.8 Å². The van der Waals surface area contributed by atoms with Crippen molar-refractivity contribution in [3.05, 3.63) is 23.0 Å². The number of hydrogen-bond donors (Lipinski definition) is 8. The maximum atomic E-state index is 12.4. The number of H-pyrrole nitrogens is 1. The second kappa shape index (κ2) is 21.5. The number of fused-ring (bicyclic) bond motifs is 2. The third-order valence-corrected chi connectivity index (χ3v) is 11.6. The normalized spacial score (nSPS) is 26.1. The summed E-state index contributed by atoms with van der Waals surface area (Å²) in [6.07, 6.45) is 1.10. The van der Waals surface area contributed by atoms with E-state index in [0.717, 1.165) is 25.0 Å². The Bertz CT molecular complexity index is 1590. The molecule has 0 saturated carbocycles. The lowest BCUT2D eigenvalue weighted by Gasteiger charge is -2.18. The van der Waals surface area contributed by atoms with Gasteiger partial charge in [0.15, 0.2) is 11.2 Å². The second-order valence-electron chi connectivity index (χ2n) is 12.9. The Morgan fingerprint density at radius 2 is 1.65 bits per heavy atom. The van der Waals surface area contributed by atoms with E-state index in [1.54, 1.807) is 0 Å². The smallest absolute Gasteiger partial charge is 0.388 e. The third kappa shape index (κ3) is 12.9. The Labute approximate surface area is 315 Å². The summed E-state index contributed by atoms with van der Waals surface area (Å²) in [7, 11) is -4.26. The van der Waals surface area contributed by atoms with Crippen molar-refractivity contribution in [3.8, 4) is 0 Å². The van der Waals surface area contributed by atoms with Crippen LogP contribution in [-0.2, 0) is 44.1 Å². The minimum atomic E-state index is -4.26. The second-order valence-corrected chi connectivity index (χ2v) is 15.8. The van der Waals surface area contributed by atoms with Gasteiger partial charge in [0.1, 0.15) is 24.4 Å². The number of amides is 3. The Morgan fingerprint density at radius 1 is 0.963 bits per heavy atom. The van der Waals surface area contributed by atoms with Crippen molar-refractivity contribution < 1.29 is 57.5 Å². The quantitative estimate of drug-likeness (QED) is 0.0297. The summed E-state index contributed by atoms with van der Waals surface area (Å²) in [5.74, 6) is 0.939. The molecule has 2 aromatic heterocycles. The lowest BCUT2D eigenvalue weighted by Crippen LogP contribution is -2.36. The Hall–Kier alpha value is -2.73. The first kappa shape index (κ1) is 42.4. The highest BCUT2D eigenvalue weighted by Crippen LogP contribution is 2.38. The van der Waals surface area contributed by atoms with Crippen molar-refractivity contribution in [2.75, 3.05) is 78.3 Å². The van der Waals surface area contributed by atoms with Crippen molar-refractivity contribution in [1.82, 2.24) is 40.6 Å². The molecule has 3 saturated heterocycles. The standard InChI is InChI=1S/C31H51N8O13PS/c40-24(4-2-1-3-23-25-20(17-54-23)37-31(44)38-25)32-5-7-47-9-11-49-13-14-50-12-10-48-8-6-36-53(45,46)51-16-22-28(42)27(41)21(52-22)15-39-19-35-26-29(39)33-18-34-30(26)43/h18-23,25,27-28,41-42H,1-17H2,(H,32,40)(H,33,34,43)(H2,36,45,46)(H2,37,38,44)/t20-,21-,22+,23-,25-,27?,28-/m0/s1. The van der Waals surface area contributed by atoms with E-state index in [9.17, 15) is 34.1 Å². The molecule has 0 aliphatic carbocycles. The van der Waals surface area contributed by atoms with Gasteiger partial charge in [-0.3, -0.25) is 14.1 Å². The fraction of sp³-hybridized carbons (Fsp3) is 0.774. The molecule has 3 aliphatic rings. The average Bonchev–Trinajstić information content (AvgIpc) is 3.90. The highest BCUT2D eigenvalue weighted by atomic mass is 32.2. The molecular formula is C31H51N8O13PS. The highest BCUT2D eigenvalue weighted by Gasteiger charge is 2.44. The van der Waals surface area contributed by atoms with E-state index in [4.69, 9.17) is 28.2 Å². The largest absolute Gasteiger partial charge is 0.403 e. The van der Waals surface area contributed by atoms with Crippen LogP contribution in [0.25, 0.3) is 11.2 Å². The van der Waals surface area contributed by atoms with Crippen molar-refractivity contribution in [3.63, 3.8) is 0 Å². The molecule has 0 aromatic carbocycles. The molecule has 8 N–H and O–H groups in total. The van der Waals surface area contributed by atoms with Crippen LogP contribution in [0.15, 0.2) is 17.4 Å². The monoisotopic (exact) mass is 806 g/mol. The Balaban J connectivity index is 0.779. The average molecular weight is 807 g/mol. The first-order chi connectivity index (χ1) is 26.1. The van der Waals surface area contributed by atoms with E-state index in [2.05, 4.69) is 36.0 Å². The molecule has 2 aromatic rings. The molecule has 5 rings (SSSR count). The number of nitrogens with zero attached hydrogens (tertiary/aromatic N) is 3. The van der Waals surface area contributed by atoms with Crippen LogP contribution < -0.4 is 26.6 Å². The van der Waals surface area contributed by atoms with E-state index in [0.29, 0.717) is 57.9 Å². The van der Waals surface area contributed by atoms with Gasteiger partial charge in [-0.05, 0) is 12.8 Å². The molecule has 2 unspecified atom stereocenters. The Morgan fingerprint density at radius 3 is 2.39 bits per heavy atom. The lowest BCUT2D eigenvalue weighted by atomic mass is 10.0. The van der Waals surface area contributed by atoms with Crippen molar-refractivity contribution in [2.45, 2.75) is 74.0 Å². The van der Waals surface area contributed by atoms with Gasteiger partial charge in [0.2, 0.25) is 5.91 Å². The first-order valence-electron chi connectivity index (χ1n) is 18.0. The molecule has 5 heterocycles. The summed E-state index contributed by atoms with van der Waals surface area (Å²) in [6, 6.07) is 0.335. The number of imidazole rings is 1. The van der Waals surface area contributed by atoms with Gasteiger partial charge < -0.3 is 64.3 Å². The molecule has 3 aliphatic heterocycles. The van der Waals surface area contributed by atoms with Gasteiger partial charge in [-0.25, -0.2) is 24.4 Å². The predicted molar refractivity (Wildman–Crippen MR) is 193 cm³/mol. The zero-order chi connectivity index (χ0) is 38.3.